The summed E-state index contributed by atoms with van der Waals surface area (Å²) >= 11 is 3.57. The number of hydrogen-bond donors (Lipinski definition) is 1. The Morgan fingerprint density at radius 2 is 1.88 bits per heavy atom. The minimum Gasteiger partial charge on any atom is -0.497 e. The smallest absolute Gasteiger partial charge is 0.156 e. The lowest BCUT2D eigenvalue weighted by molar-refractivity contribution is 0.391. The van der Waals surface area contributed by atoms with Crippen LogP contribution in [0.4, 0.5) is 5.82 Å². The molecule has 1 aliphatic rings. The van der Waals surface area contributed by atoms with E-state index in [2.05, 4.69) is 43.6 Å². The van der Waals surface area contributed by atoms with Crippen molar-refractivity contribution in [1.29, 1.82) is 0 Å². The summed E-state index contributed by atoms with van der Waals surface area (Å²) in [5.74, 6) is 2.89. The average molecular weight is 414 g/mol. The highest BCUT2D eigenvalue weighted by atomic mass is 79.9. The maximum atomic E-state index is 5.48. The number of nitrogens with one attached hydrogen (secondary N) is 1. The van der Waals surface area contributed by atoms with Gasteiger partial charge in [-0.2, -0.15) is 5.10 Å². The van der Waals surface area contributed by atoms with Gasteiger partial charge in [-0.25, -0.2) is 0 Å². The van der Waals surface area contributed by atoms with Gasteiger partial charge in [0.1, 0.15) is 11.5 Å². The first-order valence-corrected chi connectivity index (χ1v) is 9.39. The van der Waals surface area contributed by atoms with Gasteiger partial charge >= 0.3 is 0 Å². The third-order valence-corrected chi connectivity index (χ3v) is 5.17. The predicted octanol–water partition coefficient (Wildman–Crippen LogP) is 4.90. The topological polar surface area (TPSA) is 56.3 Å². The molecule has 134 valence electrons. The van der Waals surface area contributed by atoms with Crippen LogP contribution in [0.5, 0.6) is 11.5 Å². The first-order valence-electron chi connectivity index (χ1n) is 8.60. The molecular weight excluding hydrogens is 394 g/mol. The molecule has 1 heterocycles. The normalized spacial score (nSPS) is 13.7. The highest BCUT2D eigenvalue weighted by Crippen LogP contribution is 2.43. The summed E-state index contributed by atoms with van der Waals surface area (Å²) in [6, 6.07) is 12.1. The van der Waals surface area contributed by atoms with Gasteiger partial charge < -0.3 is 14.8 Å². The largest absolute Gasteiger partial charge is 0.497 e. The number of anilines is 1. The molecule has 1 fully saturated rings. The number of ether oxygens (including phenoxy) is 2. The first kappa shape index (κ1) is 17.1. The number of aromatic nitrogens is 2. The van der Waals surface area contributed by atoms with E-state index in [1.165, 1.54) is 18.2 Å². The van der Waals surface area contributed by atoms with E-state index < -0.39 is 0 Å². The molecule has 5 nitrogen and oxygen atoms in total. The minimum atomic E-state index is 0.551. The average Bonchev–Trinajstić information content (AvgIpc) is 3.50. The number of rotatable bonds is 6. The van der Waals surface area contributed by atoms with Crippen LogP contribution >= 0.6 is 15.9 Å². The van der Waals surface area contributed by atoms with Crippen LogP contribution in [0.3, 0.4) is 0 Å². The van der Waals surface area contributed by atoms with E-state index in [1.807, 2.05) is 24.3 Å². The van der Waals surface area contributed by atoms with Crippen LogP contribution in [0.1, 0.15) is 30.0 Å². The second-order valence-corrected chi connectivity index (χ2v) is 7.35. The van der Waals surface area contributed by atoms with Gasteiger partial charge in [-0.05, 0) is 43.2 Å². The molecule has 0 amide bonds. The van der Waals surface area contributed by atoms with Crippen molar-refractivity contribution in [2.75, 3.05) is 19.5 Å². The molecule has 4 rings (SSSR count). The Morgan fingerprint density at radius 1 is 1.04 bits per heavy atom. The molecule has 3 aromatic rings. The predicted molar refractivity (Wildman–Crippen MR) is 106 cm³/mol. The summed E-state index contributed by atoms with van der Waals surface area (Å²) in [5.41, 5.74) is 2.14. The van der Waals surface area contributed by atoms with Crippen molar-refractivity contribution >= 4 is 32.5 Å². The van der Waals surface area contributed by atoms with Crippen molar-refractivity contribution < 1.29 is 9.47 Å². The van der Waals surface area contributed by atoms with Gasteiger partial charge in [0.25, 0.3) is 0 Å². The minimum absolute atomic E-state index is 0.551. The van der Waals surface area contributed by atoms with Crippen LogP contribution in [-0.4, -0.2) is 24.4 Å². The summed E-state index contributed by atoms with van der Waals surface area (Å²) in [6.07, 6.45) is 2.40. The molecule has 0 spiro atoms. The van der Waals surface area contributed by atoms with E-state index in [4.69, 9.17) is 9.47 Å². The van der Waals surface area contributed by atoms with Crippen molar-refractivity contribution in [2.24, 2.45) is 0 Å². The number of fused-ring (bicyclic) bond motifs is 1. The molecule has 2 aromatic carbocycles. The van der Waals surface area contributed by atoms with E-state index in [0.717, 1.165) is 38.4 Å². The van der Waals surface area contributed by atoms with E-state index in [1.54, 1.807) is 14.2 Å². The van der Waals surface area contributed by atoms with Crippen molar-refractivity contribution in [3.8, 4) is 11.5 Å². The van der Waals surface area contributed by atoms with Crippen molar-refractivity contribution in [1.82, 2.24) is 10.2 Å². The Morgan fingerprint density at radius 3 is 2.62 bits per heavy atom. The summed E-state index contributed by atoms with van der Waals surface area (Å²) < 4.78 is 11.8. The lowest BCUT2D eigenvalue weighted by Gasteiger charge is -2.13. The third kappa shape index (κ3) is 3.33. The Kier molecular flexibility index (Phi) is 4.68. The molecule has 1 saturated carbocycles. The number of nitrogens with zero attached hydrogens (tertiary/aromatic N) is 2. The first-order chi connectivity index (χ1) is 12.7. The van der Waals surface area contributed by atoms with Gasteiger partial charge in [-0.15, -0.1) is 5.10 Å². The molecule has 0 bridgehead atoms. The molecule has 1 aliphatic carbocycles. The van der Waals surface area contributed by atoms with Crippen LogP contribution in [0, 0.1) is 0 Å². The lowest BCUT2D eigenvalue weighted by atomic mass is 10.1. The van der Waals surface area contributed by atoms with E-state index in [-0.39, 0.29) is 0 Å². The van der Waals surface area contributed by atoms with Gasteiger partial charge in [0, 0.05) is 39.3 Å². The Labute approximate surface area is 160 Å². The molecule has 1 N–H and O–H groups in total. The van der Waals surface area contributed by atoms with Crippen molar-refractivity contribution in [3.05, 3.63) is 52.1 Å². The summed E-state index contributed by atoms with van der Waals surface area (Å²) in [5, 5.41) is 14.6. The van der Waals surface area contributed by atoms with E-state index in [9.17, 15) is 0 Å². The fraction of sp³-hybridized carbons (Fsp3) is 0.300. The molecule has 0 radical (unpaired) electrons. The van der Waals surface area contributed by atoms with Crippen LogP contribution in [-0.2, 0) is 6.54 Å². The van der Waals surface area contributed by atoms with Crippen LogP contribution in [0.15, 0.2) is 40.9 Å². The van der Waals surface area contributed by atoms with Gasteiger partial charge in [-0.3, -0.25) is 0 Å². The van der Waals surface area contributed by atoms with Gasteiger partial charge in [0.2, 0.25) is 0 Å². The molecule has 0 aliphatic heterocycles. The van der Waals surface area contributed by atoms with Crippen LogP contribution in [0.2, 0.25) is 0 Å². The quantitative estimate of drug-likeness (QED) is 0.622. The number of hydrogen-bond acceptors (Lipinski definition) is 5. The highest BCUT2D eigenvalue weighted by molar-refractivity contribution is 9.10. The van der Waals surface area contributed by atoms with Crippen molar-refractivity contribution in [3.63, 3.8) is 0 Å². The fourth-order valence-electron chi connectivity index (χ4n) is 3.11. The monoisotopic (exact) mass is 413 g/mol. The maximum Gasteiger partial charge on any atom is 0.156 e. The zero-order valence-electron chi connectivity index (χ0n) is 14.8. The Hall–Kier alpha value is -2.34. The molecule has 0 saturated heterocycles. The summed E-state index contributed by atoms with van der Waals surface area (Å²) in [4.78, 5) is 0. The Balaban J connectivity index is 1.65. The van der Waals surface area contributed by atoms with Gasteiger partial charge in [0.15, 0.2) is 5.82 Å². The molecule has 0 unspecified atom stereocenters. The highest BCUT2D eigenvalue weighted by Gasteiger charge is 2.28. The number of halogens is 1. The standard InChI is InChI=1S/C20H20BrN3O2/c1-25-15-7-5-13(18(10-15)26-2)11-22-20-16-8-6-14(21)9-17(16)19(23-24-20)12-3-4-12/h5-10,12H,3-4,11H2,1-2H3,(H,22,24). The third-order valence-electron chi connectivity index (χ3n) is 4.67. The fourth-order valence-corrected chi connectivity index (χ4v) is 3.47. The SMILES string of the molecule is COc1ccc(CNc2nnc(C3CC3)c3cc(Br)ccc23)c(OC)c1. The van der Waals surface area contributed by atoms with Crippen molar-refractivity contribution in [2.45, 2.75) is 25.3 Å². The van der Waals surface area contributed by atoms with E-state index in [0.29, 0.717) is 12.5 Å². The zero-order chi connectivity index (χ0) is 18.1. The Bertz CT molecular complexity index is 957. The lowest BCUT2D eigenvalue weighted by Crippen LogP contribution is -2.06. The summed E-state index contributed by atoms with van der Waals surface area (Å²) in [6.45, 7) is 0.593. The number of methoxy groups -OCH3 is 2. The van der Waals surface area contributed by atoms with Crippen LogP contribution < -0.4 is 14.8 Å². The molecule has 6 heteroatoms. The molecule has 0 atom stereocenters. The van der Waals surface area contributed by atoms with Crippen LogP contribution in [0.25, 0.3) is 10.8 Å². The second-order valence-electron chi connectivity index (χ2n) is 6.43. The zero-order valence-corrected chi connectivity index (χ0v) is 16.3. The van der Waals surface area contributed by atoms with Gasteiger partial charge in [-0.1, -0.05) is 15.9 Å². The second kappa shape index (κ2) is 7.11. The maximum absolute atomic E-state index is 5.48. The van der Waals surface area contributed by atoms with E-state index >= 15 is 0 Å². The molecule has 26 heavy (non-hydrogen) atoms. The number of benzene rings is 2. The summed E-state index contributed by atoms with van der Waals surface area (Å²) in [7, 11) is 3.31. The molecule has 1 aromatic heterocycles. The molecular formula is C20H20BrN3O2. The van der Waals surface area contributed by atoms with Gasteiger partial charge in [0.05, 0.1) is 19.9 Å².